The minimum absolute atomic E-state index is 0.283. The van der Waals surface area contributed by atoms with Crippen molar-refractivity contribution in [2.45, 2.75) is 26.8 Å². The summed E-state index contributed by atoms with van der Waals surface area (Å²) in [5.74, 6) is 0.283. The summed E-state index contributed by atoms with van der Waals surface area (Å²) in [6, 6.07) is 5.99. The molecule has 0 fully saturated rings. The van der Waals surface area contributed by atoms with Crippen LogP contribution in [-0.2, 0) is 0 Å². The summed E-state index contributed by atoms with van der Waals surface area (Å²) < 4.78 is 0. The van der Waals surface area contributed by atoms with Gasteiger partial charge >= 0.3 is 0 Å². The molecule has 0 aliphatic rings. The summed E-state index contributed by atoms with van der Waals surface area (Å²) in [7, 11) is 0. The highest BCUT2D eigenvalue weighted by molar-refractivity contribution is 5.83. The van der Waals surface area contributed by atoms with E-state index < -0.39 is 0 Å². The maximum absolute atomic E-state index is 9.57. The molecule has 0 aliphatic heterocycles. The molecule has 3 heteroatoms. The average molecular weight is 220 g/mol. The van der Waals surface area contributed by atoms with Crippen LogP contribution >= 0.6 is 0 Å². The summed E-state index contributed by atoms with van der Waals surface area (Å²) in [5, 5.41) is 12.9. The van der Waals surface area contributed by atoms with Crippen LogP contribution < -0.4 is 5.32 Å². The van der Waals surface area contributed by atoms with Crippen molar-refractivity contribution in [1.82, 2.24) is 5.32 Å². The minimum atomic E-state index is 0.283. The van der Waals surface area contributed by atoms with E-state index in [2.05, 4.69) is 24.2 Å². The Balaban J connectivity index is 2.46. The number of hydrogen-bond acceptors (Lipinski definition) is 3. The fraction of sp³-hybridized carbons (Fsp3) is 0.462. The summed E-state index contributed by atoms with van der Waals surface area (Å²) in [4.78, 5) is 4.27. The fourth-order valence-electron chi connectivity index (χ4n) is 1.36. The van der Waals surface area contributed by atoms with E-state index in [1.165, 1.54) is 0 Å². The van der Waals surface area contributed by atoms with Crippen molar-refractivity contribution in [2.24, 2.45) is 4.99 Å². The van der Waals surface area contributed by atoms with Crippen LogP contribution in [0.5, 0.6) is 5.75 Å². The average Bonchev–Trinajstić information content (AvgIpc) is 2.22. The Hall–Kier alpha value is -1.35. The molecule has 1 aromatic carbocycles. The Morgan fingerprint density at radius 3 is 2.88 bits per heavy atom. The van der Waals surface area contributed by atoms with Gasteiger partial charge in [0, 0.05) is 24.4 Å². The van der Waals surface area contributed by atoms with Crippen molar-refractivity contribution in [2.75, 3.05) is 13.1 Å². The number of aryl methyl sites for hydroxylation is 1. The Labute approximate surface area is 97.2 Å². The molecule has 16 heavy (non-hydrogen) atoms. The number of phenols is 1. The largest absolute Gasteiger partial charge is 0.507 e. The molecular weight excluding hydrogens is 200 g/mol. The van der Waals surface area contributed by atoms with Gasteiger partial charge in [0.25, 0.3) is 0 Å². The highest BCUT2D eigenvalue weighted by Crippen LogP contribution is 2.15. The SMILES string of the molecule is Cc1ccc(O)c(C=NCCNC(C)C)c1. The minimum Gasteiger partial charge on any atom is -0.507 e. The maximum atomic E-state index is 9.57. The molecule has 0 heterocycles. The topological polar surface area (TPSA) is 44.6 Å². The van der Waals surface area contributed by atoms with E-state index in [-0.39, 0.29) is 5.75 Å². The number of aromatic hydroxyl groups is 1. The molecule has 0 aromatic heterocycles. The van der Waals surface area contributed by atoms with Gasteiger partial charge in [-0.1, -0.05) is 25.5 Å². The normalized spacial score (nSPS) is 11.5. The molecule has 0 saturated heterocycles. The summed E-state index contributed by atoms with van der Waals surface area (Å²) >= 11 is 0. The first-order valence-corrected chi connectivity index (χ1v) is 5.62. The zero-order valence-corrected chi connectivity index (χ0v) is 10.2. The fourth-order valence-corrected chi connectivity index (χ4v) is 1.36. The number of hydrogen-bond donors (Lipinski definition) is 2. The lowest BCUT2D eigenvalue weighted by Gasteiger charge is -2.05. The van der Waals surface area contributed by atoms with Crippen molar-refractivity contribution in [3.63, 3.8) is 0 Å². The summed E-state index contributed by atoms with van der Waals surface area (Å²) in [6.07, 6.45) is 1.73. The number of benzene rings is 1. The van der Waals surface area contributed by atoms with E-state index in [9.17, 15) is 5.11 Å². The van der Waals surface area contributed by atoms with Crippen molar-refractivity contribution in [3.05, 3.63) is 29.3 Å². The second-order valence-corrected chi connectivity index (χ2v) is 4.21. The van der Waals surface area contributed by atoms with Gasteiger partial charge in [-0.25, -0.2) is 0 Å². The van der Waals surface area contributed by atoms with Crippen molar-refractivity contribution >= 4 is 6.21 Å². The quantitative estimate of drug-likeness (QED) is 0.589. The Bertz CT molecular complexity index is 359. The standard InChI is InChI=1S/C13H20N2O/c1-10(2)15-7-6-14-9-12-8-11(3)4-5-13(12)16/h4-5,8-10,15-16H,6-7H2,1-3H3. The van der Waals surface area contributed by atoms with Gasteiger partial charge in [0.15, 0.2) is 0 Å². The highest BCUT2D eigenvalue weighted by Gasteiger charge is 1.97. The summed E-state index contributed by atoms with van der Waals surface area (Å²) in [5.41, 5.74) is 1.91. The predicted octanol–water partition coefficient (Wildman–Crippen LogP) is 2.12. The number of phenolic OH excluding ortho intramolecular Hbond substituents is 1. The van der Waals surface area contributed by atoms with E-state index in [0.29, 0.717) is 6.04 Å². The molecule has 2 N–H and O–H groups in total. The van der Waals surface area contributed by atoms with Crippen LogP contribution in [0.25, 0.3) is 0 Å². The van der Waals surface area contributed by atoms with Crippen LogP contribution in [0.1, 0.15) is 25.0 Å². The molecule has 0 aliphatic carbocycles. The lowest BCUT2D eigenvalue weighted by molar-refractivity contribution is 0.474. The van der Waals surface area contributed by atoms with E-state index in [1.807, 2.05) is 19.1 Å². The number of rotatable bonds is 5. The van der Waals surface area contributed by atoms with E-state index in [1.54, 1.807) is 12.3 Å². The third kappa shape index (κ3) is 4.45. The molecule has 0 spiro atoms. The molecule has 1 aromatic rings. The van der Waals surface area contributed by atoms with Crippen LogP contribution in [0.4, 0.5) is 0 Å². The van der Waals surface area contributed by atoms with Gasteiger partial charge in [0.1, 0.15) is 5.75 Å². The van der Waals surface area contributed by atoms with Crippen LogP contribution in [0.3, 0.4) is 0 Å². The van der Waals surface area contributed by atoms with Gasteiger partial charge in [-0.3, -0.25) is 4.99 Å². The third-order valence-corrected chi connectivity index (χ3v) is 2.21. The zero-order valence-electron chi connectivity index (χ0n) is 10.2. The first-order valence-electron chi connectivity index (χ1n) is 5.62. The highest BCUT2D eigenvalue weighted by atomic mass is 16.3. The lowest BCUT2D eigenvalue weighted by Crippen LogP contribution is -2.25. The maximum Gasteiger partial charge on any atom is 0.124 e. The van der Waals surface area contributed by atoms with E-state index >= 15 is 0 Å². The zero-order chi connectivity index (χ0) is 12.0. The smallest absolute Gasteiger partial charge is 0.124 e. The number of nitrogens with zero attached hydrogens (tertiary/aromatic N) is 1. The Morgan fingerprint density at radius 1 is 1.44 bits per heavy atom. The Kier molecular flexibility index (Phi) is 4.99. The van der Waals surface area contributed by atoms with Crippen molar-refractivity contribution in [1.29, 1.82) is 0 Å². The van der Waals surface area contributed by atoms with Crippen LogP contribution in [0.15, 0.2) is 23.2 Å². The second-order valence-electron chi connectivity index (χ2n) is 4.21. The van der Waals surface area contributed by atoms with Gasteiger partial charge in [-0.2, -0.15) is 0 Å². The van der Waals surface area contributed by atoms with Crippen LogP contribution in [0.2, 0.25) is 0 Å². The van der Waals surface area contributed by atoms with Crippen molar-refractivity contribution in [3.8, 4) is 5.75 Å². The first kappa shape index (κ1) is 12.7. The van der Waals surface area contributed by atoms with Crippen LogP contribution in [0, 0.1) is 6.92 Å². The lowest BCUT2D eigenvalue weighted by atomic mass is 10.1. The van der Waals surface area contributed by atoms with E-state index in [4.69, 9.17) is 0 Å². The molecule has 0 radical (unpaired) electrons. The molecule has 0 atom stereocenters. The number of aliphatic imine (C=N–C) groups is 1. The molecular formula is C13H20N2O. The molecule has 3 nitrogen and oxygen atoms in total. The van der Waals surface area contributed by atoms with Gasteiger partial charge in [-0.15, -0.1) is 0 Å². The second kappa shape index (κ2) is 6.28. The number of nitrogens with one attached hydrogen (secondary N) is 1. The molecule has 0 unspecified atom stereocenters. The molecule has 88 valence electrons. The molecule has 0 amide bonds. The van der Waals surface area contributed by atoms with Gasteiger partial charge in [0.2, 0.25) is 0 Å². The molecule has 0 saturated carbocycles. The monoisotopic (exact) mass is 220 g/mol. The molecule has 1 rings (SSSR count). The van der Waals surface area contributed by atoms with E-state index in [0.717, 1.165) is 24.2 Å². The Morgan fingerprint density at radius 2 is 2.19 bits per heavy atom. The molecule has 0 bridgehead atoms. The van der Waals surface area contributed by atoms with Crippen molar-refractivity contribution < 1.29 is 5.11 Å². The third-order valence-electron chi connectivity index (χ3n) is 2.21. The van der Waals surface area contributed by atoms with Gasteiger partial charge < -0.3 is 10.4 Å². The van der Waals surface area contributed by atoms with Gasteiger partial charge in [-0.05, 0) is 19.1 Å². The van der Waals surface area contributed by atoms with Gasteiger partial charge in [0.05, 0.1) is 6.54 Å². The predicted molar refractivity (Wildman–Crippen MR) is 68.4 cm³/mol. The first-order chi connectivity index (χ1) is 7.59. The van der Waals surface area contributed by atoms with Crippen LogP contribution in [-0.4, -0.2) is 30.5 Å². The summed E-state index contributed by atoms with van der Waals surface area (Å²) in [6.45, 7) is 7.80.